The maximum atomic E-state index is 2.93. The molecule has 0 spiro atoms. The van der Waals surface area contributed by atoms with Crippen LogP contribution in [0.4, 0.5) is 0 Å². The van der Waals surface area contributed by atoms with Gasteiger partial charge in [0, 0.05) is 0 Å². The molecule has 0 nitrogen and oxygen atoms in total. The van der Waals surface area contributed by atoms with E-state index in [1.54, 1.807) is 5.30 Å². The SMILES string of the molecule is PCCCCCC(CCCC[C]1CCCCC1)(Pc1ccccc1)C1CCCCC1. The minimum Gasteiger partial charge on any atom is -0.138 e. The van der Waals surface area contributed by atoms with Gasteiger partial charge in [0.2, 0.25) is 0 Å². The van der Waals surface area contributed by atoms with Crippen LogP contribution in [-0.4, -0.2) is 11.3 Å². The van der Waals surface area contributed by atoms with Crippen molar-refractivity contribution >= 4 is 23.1 Å². The molecule has 3 unspecified atom stereocenters. The Kier molecular flexibility index (Phi) is 11.8. The lowest BCUT2D eigenvalue weighted by Gasteiger charge is -2.44. The van der Waals surface area contributed by atoms with Gasteiger partial charge in [0.05, 0.1) is 0 Å². The number of benzene rings is 1. The van der Waals surface area contributed by atoms with Gasteiger partial charge >= 0.3 is 0 Å². The third kappa shape index (κ3) is 8.21. The predicted octanol–water partition coefficient (Wildman–Crippen LogP) is 8.84. The molecule has 1 radical (unpaired) electrons. The van der Waals surface area contributed by atoms with Gasteiger partial charge < -0.3 is 0 Å². The summed E-state index contributed by atoms with van der Waals surface area (Å²) in [4.78, 5) is 0. The van der Waals surface area contributed by atoms with Gasteiger partial charge in [-0.05, 0) is 79.8 Å². The van der Waals surface area contributed by atoms with Crippen molar-refractivity contribution in [2.24, 2.45) is 5.92 Å². The highest BCUT2D eigenvalue weighted by atomic mass is 31.1. The molecule has 3 atom stereocenters. The molecule has 2 heteroatoms. The average Bonchev–Trinajstić information content (AvgIpc) is 2.81. The normalized spacial score (nSPS) is 21.2. The molecule has 0 amide bonds. The van der Waals surface area contributed by atoms with Crippen LogP contribution in [0, 0.1) is 11.8 Å². The van der Waals surface area contributed by atoms with E-state index in [2.05, 4.69) is 39.6 Å². The van der Waals surface area contributed by atoms with Crippen LogP contribution in [0.5, 0.6) is 0 Å². The Balaban J connectivity index is 1.65. The molecule has 3 rings (SSSR count). The average molecular weight is 446 g/mol. The first kappa shape index (κ1) is 24.7. The van der Waals surface area contributed by atoms with E-state index in [1.165, 1.54) is 122 Å². The lowest BCUT2D eigenvalue weighted by Crippen LogP contribution is -2.37. The van der Waals surface area contributed by atoms with Gasteiger partial charge in [-0.3, -0.25) is 0 Å². The molecule has 2 fully saturated rings. The maximum Gasteiger partial charge on any atom is -0.00534 e. The van der Waals surface area contributed by atoms with Gasteiger partial charge in [-0.25, -0.2) is 0 Å². The maximum absolute atomic E-state index is 2.93. The predicted molar refractivity (Wildman–Crippen MR) is 142 cm³/mol. The summed E-state index contributed by atoms with van der Waals surface area (Å²) in [5, 5.41) is 2.20. The van der Waals surface area contributed by atoms with Gasteiger partial charge in [-0.15, -0.1) is 9.24 Å². The Hall–Kier alpha value is 0.0800. The third-order valence-electron chi connectivity index (χ3n) is 7.84. The first-order chi connectivity index (χ1) is 14.8. The molecule has 0 bridgehead atoms. The van der Waals surface area contributed by atoms with E-state index in [4.69, 9.17) is 0 Å². The third-order valence-corrected chi connectivity index (χ3v) is 10.3. The molecule has 1 aromatic carbocycles. The summed E-state index contributed by atoms with van der Waals surface area (Å²) in [5.41, 5.74) is 0. The largest absolute Gasteiger partial charge is 0.138 e. The molecule has 169 valence electrons. The number of unbranched alkanes of at least 4 members (excludes halogenated alkanes) is 3. The van der Waals surface area contributed by atoms with Gasteiger partial charge in [0.15, 0.2) is 0 Å². The molecule has 0 aromatic heterocycles. The minimum absolute atomic E-state index is 0.583. The monoisotopic (exact) mass is 445 g/mol. The van der Waals surface area contributed by atoms with Crippen LogP contribution >= 0.6 is 17.8 Å². The molecule has 2 aliphatic carbocycles. The standard InChI is InChI=1S/C28H47P2/c29-24-14-4-12-22-28(26-18-7-2-8-19-26,30-27-20-9-3-10-21-27)23-13-11-17-25-15-5-1-6-16-25/h3,9-10,20-21,26,30H,1-2,4-8,11-19,22-24,29H2. The fourth-order valence-electron chi connectivity index (χ4n) is 6.10. The molecule has 2 saturated carbocycles. The van der Waals surface area contributed by atoms with Crippen LogP contribution in [-0.2, 0) is 0 Å². The smallest absolute Gasteiger partial charge is 0.00534 e. The van der Waals surface area contributed by atoms with E-state index in [0.29, 0.717) is 5.16 Å². The lowest BCUT2D eigenvalue weighted by atomic mass is 9.74. The molecular weight excluding hydrogens is 398 g/mol. The fourth-order valence-corrected chi connectivity index (χ4v) is 8.42. The van der Waals surface area contributed by atoms with E-state index in [-0.39, 0.29) is 0 Å². The van der Waals surface area contributed by atoms with Gasteiger partial charge in [0.25, 0.3) is 0 Å². The quantitative estimate of drug-likeness (QED) is 0.210. The summed E-state index contributed by atoms with van der Waals surface area (Å²) in [6.45, 7) is 0. The molecule has 1 aromatic rings. The zero-order valence-corrected chi connectivity index (χ0v) is 21.6. The van der Waals surface area contributed by atoms with Crippen molar-refractivity contribution in [1.29, 1.82) is 0 Å². The van der Waals surface area contributed by atoms with Gasteiger partial charge in [0.1, 0.15) is 0 Å². The molecule has 2 aliphatic rings. The summed E-state index contributed by atoms with van der Waals surface area (Å²) in [7, 11) is 3.94. The summed E-state index contributed by atoms with van der Waals surface area (Å²) < 4.78 is 0. The van der Waals surface area contributed by atoms with Crippen LogP contribution in [0.2, 0.25) is 0 Å². The summed E-state index contributed by atoms with van der Waals surface area (Å²) in [6, 6.07) is 11.5. The second-order valence-electron chi connectivity index (χ2n) is 10.1. The highest BCUT2D eigenvalue weighted by Gasteiger charge is 2.38. The van der Waals surface area contributed by atoms with E-state index < -0.39 is 0 Å². The van der Waals surface area contributed by atoms with Crippen LogP contribution in [0.1, 0.15) is 116 Å². The van der Waals surface area contributed by atoms with Crippen molar-refractivity contribution in [3.8, 4) is 0 Å². The molecule has 0 aliphatic heterocycles. The molecule has 30 heavy (non-hydrogen) atoms. The van der Waals surface area contributed by atoms with Crippen molar-refractivity contribution in [1.82, 2.24) is 0 Å². The fraction of sp³-hybridized carbons (Fsp3) is 0.750. The van der Waals surface area contributed by atoms with Crippen LogP contribution < -0.4 is 5.30 Å². The zero-order valence-electron chi connectivity index (χ0n) is 19.5. The number of hydrogen-bond donors (Lipinski definition) is 0. The second kappa shape index (κ2) is 14.3. The van der Waals surface area contributed by atoms with Crippen LogP contribution in [0.15, 0.2) is 30.3 Å². The Morgan fingerprint density at radius 1 is 0.767 bits per heavy atom. The van der Waals surface area contributed by atoms with Gasteiger partial charge in [-0.2, -0.15) is 0 Å². The van der Waals surface area contributed by atoms with Crippen LogP contribution in [0.25, 0.3) is 0 Å². The van der Waals surface area contributed by atoms with Crippen LogP contribution in [0.3, 0.4) is 0 Å². The van der Waals surface area contributed by atoms with Crippen molar-refractivity contribution in [3.05, 3.63) is 36.2 Å². The topological polar surface area (TPSA) is 0 Å². The summed E-state index contributed by atoms with van der Waals surface area (Å²) in [5.74, 6) is 2.87. The Labute approximate surface area is 192 Å². The molecule has 0 heterocycles. The summed E-state index contributed by atoms with van der Waals surface area (Å²) in [6.07, 6.45) is 27.6. The lowest BCUT2D eigenvalue weighted by molar-refractivity contribution is 0.244. The van der Waals surface area contributed by atoms with Crippen molar-refractivity contribution in [2.75, 3.05) is 6.16 Å². The Bertz CT molecular complexity index is 545. The Morgan fingerprint density at radius 3 is 2.13 bits per heavy atom. The molecule has 0 N–H and O–H groups in total. The first-order valence-corrected chi connectivity index (χ1v) is 15.0. The highest BCUT2D eigenvalue weighted by Crippen LogP contribution is 2.51. The highest BCUT2D eigenvalue weighted by molar-refractivity contribution is 7.49. The van der Waals surface area contributed by atoms with Gasteiger partial charge in [-0.1, -0.05) is 103 Å². The summed E-state index contributed by atoms with van der Waals surface area (Å²) >= 11 is 0. The van der Waals surface area contributed by atoms with E-state index in [1.807, 2.05) is 5.92 Å². The minimum atomic E-state index is 0.583. The van der Waals surface area contributed by atoms with E-state index in [9.17, 15) is 0 Å². The van der Waals surface area contributed by atoms with Crippen molar-refractivity contribution < 1.29 is 0 Å². The Morgan fingerprint density at radius 2 is 1.43 bits per heavy atom. The zero-order chi connectivity index (χ0) is 20.9. The number of rotatable bonds is 13. The molecular formula is C28H47P2. The van der Waals surface area contributed by atoms with Crippen molar-refractivity contribution in [2.45, 2.75) is 121 Å². The number of hydrogen-bond acceptors (Lipinski definition) is 0. The van der Waals surface area contributed by atoms with E-state index >= 15 is 0 Å². The van der Waals surface area contributed by atoms with Crippen molar-refractivity contribution in [3.63, 3.8) is 0 Å². The first-order valence-electron chi connectivity index (χ1n) is 13.2. The second-order valence-corrected chi connectivity index (χ2v) is 12.5. The molecule has 0 saturated heterocycles. The van der Waals surface area contributed by atoms with E-state index in [0.717, 1.165) is 14.5 Å².